The van der Waals surface area contributed by atoms with E-state index in [0.29, 0.717) is 5.82 Å². The molecule has 4 rings (SSSR count). The number of imidazole rings is 1. The minimum absolute atomic E-state index is 0.0549. The Bertz CT molecular complexity index is 1020. The van der Waals surface area contributed by atoms with Gasteiger partial charge in [0.2, 0.25) is 0 Å². The minimum Gasteiger partial charge on any atom is -0.277 e. The van der Waals surface area contributed by atoms with Crippen LogP contribution in [0.25, 0.3) is 28.2 Å². The van der Waals surface area contributed by atoms with Crippen LogP contribution in [-0.4, -0.2) is 19.5 Å². The third-order valence-electron chi connectivity index (χ3n) is 3.77. The molecule has 0 aliphatic carbocycles. The van der Waals surface area contributed by atoms with Crippen LogP contribution in [0.5, 0.6) is 0 Å². The van der Waals surface area contributed by atoms with Gasteiger partial charge < -0.3 is 0 Å². The van der Waals surface area contributed by atoms with Crippen LogP contribution in [0, 0.1) is 10.1 Å². The molecule has 0 radical (unpaired) electrons. The van der Waals surface area contributed by atoms with Gasteiger partial charge >= 0.3 is 0 Å². The van der Waals surface area contributed by atoms with E-state index in [0.717, 1.165) is 22.4 Å². The number of fused-ring (bicyclic) bond motifs is 1. The van der Waals surface area contributed by atoms with Gasteiger partial charge in [-0.1, -0.05) is 18.2 Å². The Morgan fingerprint density at radius 3 is 2.38 bits per heavy atom. The largest absolute Gasteiger partial charge is 0.277 e. The van der Waals surface area contributed by atoms with Gasteiger partial charge in [-0.3, -0.25) is 14.7 Å². The van der Waals surface area contributed by atoms with Crippen LogP contribution in [-0.2, 0) is 0 Å². The van der Waals surface area contributed by atoms with Crippen LogP contribution in [0.15, 0.2) is 72.9 Å². The second kappa shape index (κ2) is 5.58. The predicted molar refractivity (Wildman–Crippen MR) is 91.0 cm³/mol. The summed E-state index contributed by atoms with van der Waals surface area (Å²) >= 11 is 0. The molecule has 0 aliphatic rings. The molecule has 24 heavy (non-hydrogen) atoms. The van der Waals surface area contributed by atoms with E-state index in [4.69, 9.17) is 0 Å². The molecule has 116 valence electrons. The SMILES string of the molecule is O=[N+]([O-])c1ccc(-c2nc3cccnc3n2-c2ccccc2)cc1. The minimum atomic E-state index is -0.411. The van der Waals surface area contributed by atoms with E-state index < -0.39 is 4.92 Å². The van der Waals surface area contributed by atoms with Crippen molar-refractivity contribution in [3.8, 4) is 17.1 Å². The smallest absolute Gasteiger partial charge is 0.269 e. The molecule has 0 bridgehead atoms. The highest BCUT2D eigenvalue weighted by atomic mass is 16.6. The number of hydrogen-bond donors (Lipinski definition) is 0. The average molecular weight is 316 g/mol. The lowest BCUT2D eigenvalue weighted by molar-refractivity contribution is -0.384. The summed E-state index contributed by atoms with van der Waals surface area (Å²) < 4.78 is 1.95. The Labute approximate surface area is 137 Å². The quantitative estimate of drug-likeness (QED) is 0.423. The molecule has 0 saturated heterocycles. The molecule has 2 aromatic heterocycles. The number of aromatic nitrogens is 3. The highest BCUT2D eigenvalue weighted by Gasteiger charge is 2.15. The number of rotatable bonds is 3. The molecule has 6 nitrogen and oxygen atoms in total. The zero-order chi connectivity index (χ0) is 16.5. The fourth-order valence-corrected chi connectivity index (χ4v) is 2.66. The van der Waals surface area contributed by atoms with Gasteiger partial charge in [0.05, 0.1) is 4.92 Å². The lowest BCUT2D eigenvalue weighted by Crippen LogP contribution is -1.98. The van der Waals surface area contributed by atoms with Crippen molar-refractivity contribution in [3.05, 3.63) is 83.0 Å². The van der Waals surface area contributed by atoms with Crippen molar-refractivity contribution < 1.29 is 4.92 Å². The summed E-state index contributed by atoms with van der Waals surface area (Å²) in [5, 5.41) is 10.9. The Hall–Kier alpha value is -3.54. The number of non-ortho nitro benzene ring substituents is 1. The maximum absolute atomic E-state index is 10.9. The standard InChI is InChI=1S/C18H12N4O2/c23-22(24)15-10-8-13(9-11-15)17-20-16-7-4-12-19-18(16)21(17)14-5-2-1-3-6-14/h1-12H. The van der Waals surface area contributed by atoms with E-state index in [2.05, 4.69) is 9.97 Å². The predicted octanol–water partition coefficient (Wildman–Crippen LogP) is 4.00. The van der Waals surface area contributed by atoms with E-state index >= 15 is 0 Å². The molecular formula is C18H12N4O2. The van der Waals surface area contributed by atoms with Crippen molar-refractivity contribution in [3.63, 3.8) is 0 Å². The third kappa shape index (κ3) is 2.30. The van der Waals surface area contributed by atoms with Gasteiger partial charge in [0.1, 0.15) is 11.3 Å². The Morgan fingerprint density at radius 1 is 0.917 bits per heavy atom. The van der Waals surface area contributed by atoms with E-state index in [9.17, 15) is 10.1 Å². The number of nitro benzene ring substituents is 1. The van der Waals surface area contributed by atoms with Crippen molar-refractivity contribution in [2.75, 3.05) is 0 Å². The molecule has 0 spiro atoms. The van der Waals surface area contributed by atoms with Crippen molar-refractivity contribution >= 4 is 16.9 Å². The van der Waals surface area contributed by atoms with Gasteiger partial charge in [-0.15, -0.1) is 0 Å². The summed E-state index contributed by atoms with van der Waals surface area (Å²) in [5.74, 6) is 0.699. The fourth-order valence-electron chi connectivity index (χ4n) is 2.66. The van der Waals surface area contributed by atoms with E-state index in [1.165, 1.54) is 12.1 Å². The third-order valence-corrected chi connectivity index (χ3v) is 3.77. The van der Waals surface area contributed by atoms with Gasteiger partial charge in [-0.2, -0.15) is 0 Å². The summed E-state index contributed by atoms with van der Waals surface area (Å²) in [6.07, 6.45) is 1.73. The Morgan fingerprint density at radius 2 is 1.67 bits per heavy atom. The van der Waals surface area contributed by atoms with E-state index in [1.807, 2.05) is 47.0 Å². The molecule has 0 saturated carbocycles. The lowest BCUT2D eigenvalue weighted by Gasteiger charge is -2.08. The molecule has 4 aromatic rings. The molecule has 0 N–H and O–H groups in total. The summed E-state index contributed by atoms with van der Waals surface area (Å²) in [4.78, 5) is 19.5. The van der Waals surface area contributed by atoms with Gasteiger partial charge in [0, 0.05) is 29.6 Å². The number of nitrogens with zero attached hydrogens (tertiary/aromatic N) is 4. The zero-order valence-electron chi connectivity index (χ0n) is 12.5. The van der Waals surface area contributed by atoms with Gasteiger partial charge in [0.15, 0.2) is 5.65 Å². The molecule has 2 heterocycles. The first-order chi connectivity index (χ1) is 11.7. The molecule has 0 aliphatic heterocycles. The first kappa shape index (κ1) is 14.1. The summed E-state index contributed by atoms with van der Waals surface area (Å²) in [7, 11) is 0. The van der Waals surface area contributed by atoms with Crippen molar-refractivity contribution in [2.45, 2.75) is 0 Å². The fraction of sp³-hybridized carbons (Fsp3) is 0. The molecule has 2 aromatic carbocycles. The van der Waals surface area contributed by atoms with Crippen LogP contribution in [0.1, 0.15) is 0 Å². The number of nitro groups is 1. The van der Waals surface area contributed by atoms with Gasteiger partial charge in [-0.05, 0) is 36.4 Å². The normalized spacial score (nSPS) is 10.8. The van der Waals surface area contributed by atoms with Crippen molar-refractivity contribution in [2.24, 2.45) is 0 Å². The molecular weight excluding hydrogens is 304 g/mol. The second-order valence-corrected chi connectivity index (χ2v) is 5.26. The number of para-hydroxylation sites is 1. The second-order valence-electron chi connectivity index (χ2n) is 5.26. The topological polar surface area (TPSA) is 73.8 Å². The summed E-state index contributed by atoms with van der Waals surface area (Å²) in [6, 6.07) is 19.9. The number of pyridine rings is 1. The average Bonchev–Trinajstić information content (AvgIpc) is 3.02. The van der Waals surface area contributed by atoms with Crippen molar-refractivity contribution in [1.29, 1.82) is 0 Å². The molecule has 0 fully saturated rings. The monoisotopic (exact) mass is 316 g/mol. The first-order valence-corrected chi connectivity index (χ1v) is 7.38. The lowest BCUT2D eigenvalue weighted by atomic mass is 10.2. The highest BCUT2D eigenvalue weighted by molar-refractivity contribution is 5.80. The molecule has 0 atom stereocenters. The summed E-state index contributed by atoms with van der Waals surface area (Å²) in [5.41, 5.74) is 3.31. The zero-order valence-corrected chi connectivity index (χ0v) is 12.5. The molecule has 0 unspecified atom stereocenters. The maximum atomic E-state index is 10.9. The molecule has 6 heteroatoms. The van der Waals surface area contributed by atoms with Crippen LogP contribution in [0.2, 0.25) is 0 Å². The highest BCUT2D eigenvalue weighted by Crippen LogP contribution is 2.28. The first-order valence-electron chi connectivity index (χ1n) is 7.38. The summed E-state index contributed by atoms with van der Waals surface area (Å²) in [6.45, 7) is 0. The van der Waals surface area contributed by atoms with E-state index in [-0.39, 0.29) is 5.69 Å². The van der Waals surface area contributed by atoms with Crippen LogP contribution >= 0.6 is 0 Å². The van der Waals surface area contributed by atoms with Crippen molar-refractivity contribution in [1.82, 2.24) is 14.5 Å². The van der Waals surface area contributed by atoms with E-state index in [1.54, 1.807) is 18.3 Å². The Kier molecular flexibility index (Phi) is 3.28. The number of hydrogen-bond acceptors (Lipinski definition) is 4. The van der Waals surface area contributed by atoms with Crippen LogP contribution < -0.4 is 0 Å². The molecule has 0 amide bonds. The Balaban J connectivity index is 1.96. The van der Waals surface area contributed by atoms with Gasteiger partial charge in [-0.25, -0.2) is 9.97 Å². The number of benzene rings is 2. The van der Waals surface area contributed by atoms with Crippen LogP contribution in [0.4, 0.5) is 5.69 Å². The van der Waals surface area contributed by atoms with Gasteiger partial charge in [0.25, 0.3) is 5.69 Å². The van der Waals surface area contributed by atoms with Crippen LogP contribution in [0.3, 0.4) is 0 Å². The maximum Gasteiger partial charge on any atom is 0.269 e.